The van der Waals surface area contributed by atoms with Crippen LogP contribution in [0.15, 0.2) is 71.9 Å². The maximum absolute atomic E-state index is 12.5. The van der Waals surface area contributed by atoms with Gasteiger partial charge in [-0.15, -0.1) is 4.91 Å². The van der Waals surface area contributed by atoms with Crippen LogP contribution in [0.3, 0.4) is 0 Å². The molecule has 5 nitrogen and oxygen atoms in total. The monoisotopic (exact) mass is 374 g/mol. The summed E-state index contributed by atoms with van der Waals surface area (Å²) in [6, 6.07) is 21.3. The Morgan fingerprint density at radius 3 is 2.39 bits per heavy atom. The second-order valence-corrected chi connectivity index (χ2v) is 7.18. The quantitative estimate of drug-likeness (QED) is 0.360. The maximum Gasteiger partial charge on any atom is 0.343 e. The molecular weight excluding hydrogens is 352 g/mol. The summed E-state index contributed by atoms with van der Waals surface area (Å²) < 4.78 is 5.55. The van der Waals surface area contributed by atoms with Crippen LogP contribution in [0.1, 0.15) is 34.7 Å². The molecule has 0 saturated carbocycles. The molecule has 0 unspecified atom stereocenters. The van der Waals surface area contributed by atoms with E-state index >= 15 is 0 Å². The van der Waals surface area contributed by atoms with Gasteiger partial charge in [0, 0.05) is 13.1 Å². The number of hydrogen-bond acceptors (Lipinski definition) is 5. The third-order valence-electron chi connectivity index (χ3n) is 5.39. The van der Waals surface area contributed by atoms with E-state index in [1.807, 2.05) is 66.7 Å². The van der Waals surface area contributed by atoms with E-state index in [1.165, 1.54) is 5.56 Å². The largest absolute Gasteiger partial charge is 0.423 e. The van der Waals surface area contributed by atoms with Crippen molar-refractivity contribution in [1.29, 1.82) is 0 Å². The molecule has 4 rings (SSSR count). The minimum atomic E-state index is -0.353. The van der Waals surface area contributed by atoms with E-state index in [0.29, 0.717) is 17.2 Å². The summed E-state index contributed by atoms with van der Waals surface area (Å²) in [7, 11) is 0. The molecule has 0 bridgehead atoms. The van der Waals surface area contributed by atoms with Gasteiger partial charge >= 0.3 is 5.97 Å². The fraction of sp³-hybridized carbons (Fsp3) is 0.261. The summed E-state index contributed by atoms with van der Waals surface area (Å²) in [5, 5.41) is 5.12. The molecule has 1 aliphatic heterocycles. The van der Waals surface area contributed by atoms with Crippen LogP contribution in [-0.2, 0) is 0 Å². The Labute approximate surface area is 163 Å². The van der Waals surface area contributed by atoms with Crippen LogP contribution in [0.2, 0.25) is 0 Å². The number of benzene rings is 3. The van der Waals surface area contributed by atoms with Gasteiger partial charge in [-0.3, -0.25) is 4.90 Å². The molecule has 0 spiro atoms. The first-order valence-corrected chi connectivity index (χ1v) is 9.55. The third-order valence-corrected chi connectivity index (χ3v) is 5.39. The lowest BCUT2D eigenvalue weighted by Crippen LogP contribution is -2.32. The van der Waals surface area contributed by atoms with Crippen LogP contribution >= 0.6 is 0 Å². The summed E-state index contributed by atoms with van der Waals surface area (Å²) in [4.78, 5) is 24.9. The number of carbonyl (C=O) groups excluding carboxylic acids is 1. The second-order valence-electron chi connectivity index (χ2n) is 7.18. The van der Waals surface area contributed by atoms with Crippen LogP contribution in [0.4, 0.5) is 0 Å². The Bertz CT molecular complexity index is 977. The molecule has 0 atom stereocenters. The molecule has 1 saturated heterocycles. The summed E-state index contributed by atoms with van der Waals surface area (Å²) in [5.74, 6) is 0.645. The van der Waals surface area contributed by atoms with E-state index in [1.54, 1.807) is 0 Å². The Kier molecular flexibility index (Phi) is 5.44. The lowest BCUT2D eigenvalue weighted by Gasteiger charge is -2.30. The average Bonchev–Trinajstić information content (AvgIpc) is 2.74. The highest BCUT2D eigenvalue weighted by atomic mass is 16.5. The first kappa shape index (κ1) is 18.3. The van der Waals surface area contributed by atoms with Crippen molar-refractivity contribution >= 4 is 16.7 Å². The molecule has 0 aromatic heterocycles. The zero-order valence-corrected chi connectivity index (χ0v) is 15.6. The number of esters is 1. The lowest BCUT2D eigenvalue weighted by atomic mass is 9.89. The number of carbonyl (C=O) groups is 1. The van der Waals surface area contributed by atoms with Gasteiger partial charge in [-0.05, 0) is 59.4 Å². The standard InChI is InChI=1S/C23H22N2O3/c26-23(28-22-10-9-17-3-1-2-4-21(17)15-22)20-7-5-18(6-8-20)19-11-13-25(14-12-19)16-24-27/h1-10,15,19H,11-14,16H2. The molecule has 0 amide bonds. The van der Waals surface area contributed by atoms with Crippen molar-refractivity contribution in [1.82, 2.24) is 4.90 Å². The highest BCUT2D eigenvalue weighted by Gasteiger charge is 2.21. The van der Waals surface area contributed by atoms with Crippen LogP contribution in [-0.4, -0.2) is 30.6 Å². The van der Waals surface area contributed by atoms with Gasteiger partial charge in [0.2, 0.25) is 0 Å². The van der Waals surface area contributed by atoms with Crippen molar-refractivity contribution < 1.29 is 9.53 Å². The minimum Gasteiger partial charge on any atom is -0.423 e. The van der Waals surface area contributed by atoms with Gasteiger partial charge in [-0.1, -0.05) is 47.6 Å². The van der Waals surface area contributed by atoms with Gasteiger partial charge in [0.1, 0.15) is 12.4 Å². The maximum atomic E-state index is 12.5. The van der Waals surface area contributed by atoms with Crippen molar-refractivity contribution in [3.05, 3.63) is 82.8 Å². The van der Waals surface area contributed by atoms with Crippen molar-refractivity contribution in [2.24, 2.45) is 5.18 Å². The number of hydrogen-bond donors (Lipinski definition) is 0. The zero-order chi connectivity index (χ0) is 19.3. The molecule has 142 valence electrons. The molecule has 28 heavy (non-hydrogen) atoms. The number of piperidine rings is 1. The molecule has 1 fully saturated rings. The number of ether oxygens (including phenoxy) is 1. The summed E-state index contributed by atoms with van der Waals surface area (Å²) in [5.41, 5.74) is 1.76. The smallest absolute Gasteiger partial charge is 0.343 e. The van der Waals surface area contributed by atoms with Crippen LogP contribution in [0.5, 0.6) is 5.75 Å². The zero-order valence-electron chi connectivity index (χ0n) is 15.6. The molecule has 1 aliphatic rings. The summed E-state index contributed by atoms with van der Waals surface area (Å²) in [6.07, 6.45) is 1.99. The van der Waals surface area contributed by atoms with Gasteiger partial charge < -0.3 is 4.74 Å². The normalized spacial score (nSPS) is 15.4. The molecule has 5 heteroatoms. The van der Waals surface area contributed by atoms with E-state index in [0.717, 1.165) is 36.7 Å². The van der Waals surface area contributed by atoms with E-state index in [9.17, 15) is 9.70 Å². The fourth-order valence-electron chi connectivity index (χ4n) is 3.78. The third kappa shape index (κ3) is 4.10. The molecular formula is C23H22N2O3. The van der Waals surface area contributed by atoms with Gasteiger partial charge in [0.15, 0.2) is 0 Å². The molecule has 3 aromatic rings. The van der Waals surface area contributed by atoms with Crippen molar-refractivity contribution in [2.45, 2.75) is 18.8 Å². The number of fused-ring (bicyclic) bond motifs is 1. The van der Waals surface area contributed by atoms with E-state index in [2.05, 4.69) is 10.1 Å². The van der Waals surface area contributed by atoms with Crippen LogP contribution < -0.4 is 4.74 Å². The first-order chi connectivity index (χ1) is 13.7. The topological polar surface area (TPSA) is 59.0 Å². The Morgan fingerprint density at radius 2 is 1.68 bits per heavy atom. The lowest BCUT2D eigenvalue weighted by molar-refractivity contribution is 0.0735. The Balaban J connectivity index is 1.40. The Hall–Kier alpha value is -3.05. The fourth-order valence-corrected chi connectivity index (χ4v) is 3.78. The van der Waals surface area contributed by atoms with Gasteiger partial charge in [-0.2, -0.15) is 0 Å². The number of rotatable bonds is 5. The number of likely N-dealkylation sites (tertiary alicyclic amines) is 1. The summed E-state index contributed by atoms with van der Waals surface area (Å²) in [6.45, 7) is 2.02. The van der Waals surface area contributed by atoms with E-state index in [-0.39, 0.29) is 12.6 Å². The predicted molar refractivity (Wildman–Crippen MR) is 110 cm³/mol. The predicted octanol–water partition coefficient (Wildman–Crippen LogP) is 4.96. The second kappa shape index (κ2) is 8.31. The van der Waals surface area contributed by atoms with Crippen LogP contribution in [0.25, 0.3) is 10.8 Å². The minimum absolute atomic E-state index is 0.270. The van der Waals surface area contributed by atoms with E-state index < -0.39 is 0 Å². The summed E-state index contributed by atoms with van der Waals surface area (Å²) >= 11 is 0. The Morgan fingerprint density at radius 1 is 0.964 bits per heavy atom. The molecule has 1 heterocycles. The van der Waals surface area contributed by atoms with Crippen molar-refractivity contribution in [3.63, 3.8) is 0 Å². The average molecular weight is 374 g/mol. The number of nitrogens with zero attached hydrogens (tertiary/aromatic N) is 2. The number of nitroso groups, excluding NO2 is 1. The van der Waals surface area contributed by atoms with Gasteiger partial charge in [-0.25, -0.2) is 4.79 Å². The van der Waals surface area contributed by atoms with Crippen molar-refractivity contribution in [3.8, 4) is 5.75 Å². The van der Waals surface area contributed by atoms with Gasteiger partial charge in [0.25, 0.3) is 0 Å². The van der Waals surface area contributed by atoms with Crippen molar-refractivity contribution in [2.75, 3.05) is 19.8 Å². The van der Waals surface area contributed by atoms with E-state index in [4.69, 9.17) is 4.74 Å². The first-order valence-electron chi connectivity index (χ1n) is 9.55. The molecule has 0 radical (unpaired) electrons. The highest BCUT2D eigenvalue weighted by molar-refractivity contribution is 5.92. The molecule has 0 aliphatic carbocycles. The molecule has 3 aromatic carbocycles. The van der Waals surface area contributed by atoms with Gasteiger partial charge in [0.05, 0.1) is 5.56 Å². The highest BCUT2D eigenvalue weighted by Crippen LogP contribution is 2.28. The van der Waals surface area contributed by atoms with Crippen LogP contribution in [0, 0.1) is 4.91 Å². The molecule has 0 N–H and O–H groups in total. The SMILES string of the molecule is O=NCN1CCC(c2ccc(C(=O)Oc3ccc4ccccc4c3)cc2)CC1.